The van der Waals surface area contributed by atoms with Gasteiger partial charge in [-0.1, -0.05) is 42.9 Å². The van der Waals surface area contributed by atoms with E-state index in [4.69, 9.17) is 0 Å². The van der Waals surface area contributed by atoms with Crippen LogP contribution in [-0.4, -0.2) is 23.3 Å². The van der Waals surface area contributed by atoms with Crippen molar-refractivity contribution in [1.29, 1.82) is 0 Å². The minimum absolute atomic E-state index is 0.826. The third-order valence-corrected chi connectivity index (χ3v) is 3.89. The van der Waals surface area contributed by atoms with Crippen molar-refractivity contribution in [3.63, 3.8) is 0 Å². The van der Waals surface area contributed by atoms with E-state index in [1.54, 1.807) is 11.3 Å². The smallest absolute Gasteiger partial charge is 0.205 e. The van der Waals surface area contributed by atoms with Crippen molar-refractivity contribution < 1.29 is 0 Å². The summed E-state index contributed by atoms with van der Waals surface area (Å²) in [5.41, 5.74) is 1.25. The molecule has 0 atom stereocenters. The van der Waals surface area contributed by atoms with Gasteiger partial charge in [0, 0.05) is 18.8 Å². The second-order valence-corrected chi connectivity index (χ2v) is 5.70. The number of anilines is 2. The molecule has 0 saturated carbocycles. The number of unbranched alkanes of at least 4 members (excludes halogenated alkanes) is 1. The number of hydrogen-bond acceptors (Lipinski definition) is 5. The summed E-state index contributed by atoms with van der Waals surface area (Å²) in [6.45, 7) is 7.05. The van der Waals surface area contributed by atoms with Gasteiger partial charge in [0.25, 0.3) is 0 Å². The SMILES string of the molecule is CCCCN(Cc1nnc(NCC)s1)c1ccccc1. The average Bonchev–Trinajstić information content (AvgIpc) is 2.92. The van der Waals surface area contributed by atoms with Crippen molar-refractivity contribution in [2.24, 2.45) is 0 Å². The minimum atomic E-state index is 0.826. The number of hydrogen-bond donors (Lipinski definition) is 1. The second kappa shape index (κ2) is 7.85. The fraction of sp³-hybridized carbons (Fsp3) is 0.467. The average molecular weight is 290 g/mol. The molecule has 1 heterocycles. The Labute approximate surface area is 124 Å². The Kier molecular flexibility index (Phi) is 5.80. The molecule has 0 bridgehead atoms. The predicted octanol–water partition coefficient (Wildman–Crippen LogP) is 3.78. The predicted molar refractivity (Wildman–Crippen MR) is 86.5 cm³/mol. The number of benzene rings is 1. The fourth-order valence-corrected chi connectivity index (χ4v) is 2.81. The Balaban J connectivity index is 2.06. The standard InChI is InChI=1S/C15H22N4S/c1-3-5-11-19(13-9-7-6-8-10-13)12-14-17-18-15(20-14)16-4-2/h6-10H,3-5,11-12H2,1-2H3,(H,16,18). The van der Waals surface area contributed by atoms with Gasteiger partial charge in [-0.05, 0) is 25.5 Å². The Morgan fingerprint density at radius 1 is 1.15 bits per heavy atom. The van der Waals surface area contributed by atoms with Crippen molar-refractivity contribution in [2.45, 2.75) is 33.2 Å². The van der Waals surface area contributed by atoms with Crippen molar-refractivity contribution in [2.75, 3.05) is 23.3 Å². The summed E-state index contributed by atoms with van der Waals surface area (Å²) in [4.78, 5) is 2.37. The Morgan fingerprint density at radius 2 is 1.95 bits per heavy atom. The first-order valence-electron chi connectivity index (χ1n) is 7.19. The van der Waals surface area contributed by atoms with Crippen molar-refractivity contribution in [3.05, 3.63) is 35.3 Å². The molecule has 0 aliphatic heterocycles. The van der Waals surface area contributed by atoms with Gasteiger partial charge in [0.05, 0.1) is 6.54 Å². The molecular formula is C15H22N4S. The van der Waals surface area contributed by atoms with E-state index in [9.17, 15) is 0 Å². The summed E-state index contributed by atoms with van der Waals surface area (Å²) in [6, 6.07) is 10.5. The van der Waals surface area contributed by atoms with E-state index in [1.165, 1.54) is 18.5 Å². The van der Waals surface area contributed by atoms with E-state index >= 15 is 0 Å². The van der Waals surface area contributed by atoms with E-state index < -0.39 is 0 Å². The maximum absolute atomic E-state index is 4.27. The summed E-state index contributed by atoms with van der Waals surface area (Å²) in [6.07, 6.45) is 2.38. The van der Waals surface area contributed by atoms with Gasteiger partial charge in [0.15, 0.2) is 0 Å². The van der Waals surface area contributed by atoms with E-state index in [-0.39, 0.29) is 0 Å². The van der Waals surface area contributed by atoms with Crippen molar-refractivity contribution >= 4 is 22.2 Å². The number of para-hydroxylation sites is 1. The highest BCUT2D eigenvalue weighted by atomic mass is 32.1. The second-order valence-electron chi connectivity index (χ2n) is 4.64. The Morgan fingerprint density at radius 3 is 2.65 bits per heavy atom. The summed E-state index contributed by atoms with van der Waals surface area (Å²) in [5.74, 6) is 0. The highest BCUT2D eigenvalue weighted by molar-refractivity contribution is 7.15. The number of aromatic nitrogens is 2. The van der Waals surface area contributed by atoms with Gasteiger partial charge in [-0.15, -0.1) is 10.2 Å². The van der Waals surface area contributed by atoms with Crippen molar-refractivity contribution in [1.82, 2.24) is 10.2 Å². The lowest BCUT2D eigenvalue weighted by Gasteiger charge is -2.23. The number of nitrogens with zero attached hydrogens (tertiary/aromatic N) is 3. The van der Waals surface area contributed by atoms with Crippen LogP contribution in [0.25, 0.3) is 0 Å². The highest BCUT2D eigenvalue weighted by Gasteiger charge is 2.10. The van der Waals surface area contributed by atoms with E-state index in [0.29, 0.717) is 0 Å². The lowest BCUT2D eigenvalue weighted by atomic mass is 10.2. The monoisotopic (exact) mass is 290 g/mol. The topological polar surface area (TPSA) is 41.1 Å². The lowest BCUT2D eigenvalue weighted by molar-refractivity contribution is 0.710. The molecule has 1 aromatic carbocycles. The number of nitrogens with one attached hydrogen (secondary N) is 1. The van der Waals surface area contributed by atoms with Gasteiger partial charge in [0.1, 0.15) is 5.01 Å². The van der Waals surface area contributed by atoms with Gasteiger partial charge in [0.2, 0.25) is 5.13 Å². The molecule has 0 aliphatic rings. The summed E-state index contributed by atoms with van der Waals surface area (Å²) >= 11 is 1.64. The lowest BCUT2D eigenvalue weighted by Crippen LogP contribution is -2.23. The Bertz CT molecular complexity index is 498. The quantitative estimate of drug-likeness (QED) is 0.803. The van der Waals surface area contributed by atoms with Crippen LogP contribution in [0.2, 0.25) is 0 Å². The molecule has 2 aromatic rings. The molecule has 0 radical (unpaired) electrons. The largest absolute Gasteiger partial charge is 0.365 e. The maximum Gasteiger partial charge on any atom is 0.205 e. The van der Waals surface area contributed by atoms with Crippen molar-refractivity contribution in [3.8, 4) is 0 Å². The van der Waals surface area contributed by atoms with Crippen LogP contribution >= 0.6 is 11.3 Å². The molecule has 0 unspecified atom stereocenters. The van der Waals surface area contributed by atoms with Crippen LogP contribution in [0.15, 0.2) is 30.3 Å². The first kappa shape index (κ1) is 14.8. The first-order chi connectivity index (χ1) is 9.83. The Hall–Kier alpha value is -1.62. The molecule has 0 aliphatic carbocycles. The zero-order valence-electron chi connectivity index (χ0n) is 12.2. The molecule has 2 rings (SSSR count). The molecule has 1 N–H and O–H groups in total. The van der Waals surface area contributed by atoms with Crippen LogP contribution in [0.4, 0.5) is 10.8 Å². The summed E-state index contributed by atoms with van der Waals surface area (Å²) < 4.78 is 0. The summed E-state index contributed by atoms with van der Waals surface area (Å²) in [7, 11) is 0. The van der Waals surface area contributed by atoms with Crippen LogP contribution in [0.1, 0.15) is 31.7 Å². The summed E-state index contributed by atoms with van der Waals surface area (Å²) in [5, 5.41) is 13.6. The molecule has 108 valence electrons. The normalized spacial score (nSPS) is 10.5. The molecule has 0 saturated heterocycles. The zero-order chi connectivity index (χ0) is 14.2. The van der Waals surface area contributed by atoms with Crippen LogP contribution in [0.5, 0.6) is 0 Å². The van der Waals surface area contributed by atoms with Gasteiger partial charge < -0.3 is 10.2 Å². The van der Waals surface area contributed by atoms with E-state index in [2.05, 4.69) is 64.6 Å². The molecule has 0 spiro atoms. The third-order valence-electron chi connectivity index (χ3n) is 3.02. The van der Waals surface area contributed by atoms with Crippen LogP contribution in [0, 0.1) is 0 Å². The molecule has 20 heavy (non-hydrogen) atoms. The zero-order valence-corrected chi connectivity index (χ0v) is 13.0. The van der Waals surface area contributed by atoms with Gasteiger partial charge >= 0.3 is 0 Å². The molecule has 5 heteroatoms. The van der Waals surface area contributed by atoms with E-state index in [0.717, 1.165) is 29.8 Å². The molecule has 4 nitrogen and oxygen atoms in total. The number of rotatable bonds is 8. The van der Waals surface area contributed by atoms with Gasteiger partial charge in [-0.2, -0.15) is 0 Å². The van der Waals surface area contributed by atoms with E-state index in [1.807, 2.05) is 0 Å². The van der Waals surface area contributed by atoms with Crippen LogP contribution in [-0.2, 0) is 6.54 Å². The van der Waals surface area contributed by atoms with Crippen LogP contribution < -0.4 is 10.2 Å². The highest BCUT2D eigenvalue weighted by Crippen LogP contribution is 2.21. The van der Waals surface area contributed by atoms with Gasteiger partial charge in [-0.3, -0.25) is 0 Å². The first-order valence-corrected chi connectivity index (χ1v) is 8.01. The van der Waals surface area contributed by atoms with Crippen LogP contribution in [0.3, 0.4) is 0 Å². The maximum atomic E-state index is 4.27. The fourth-order valence-electron chi connectivity index (χ4n) is 1.99. The third kappa shape index (κ3) is 4.20. The minimum Gasteiger partial charge on any atom is -0.365 e. The molecule has 1 aromatic heterocycles. The molecule has 0 amide bonds. The molecular weight excluding hydrogens is 268 g/mol. The van der Waals surface area contributed by atoms with Gasteiger partial charge in [-0.25, -0.2) is 0 Å². The molecule has 0 fully saturated rings.